The van der Waals surface area contributed by atoms with Gasteiger partial charge in [-0.2, -0.15) is 0 Å². The van der Waals surface area contributed by atoms with Crippen LogP contribution in [0.5, 0.6) is 0 Å². The van der Waals surface area contributed by atoms with Gasteiger partial charge in [0.1, 0.15) is 24.9 Å². The summed E-state index contributed by atoms with van der Waals surface area (Å²) in [6, 6.07) is 0. The molecule has 0 aromatic heterocycles. The van der Waals surface area contributed by atoms with E-state index in [9.17, 15) is 74.1 Å². The van der Waals surface area contributed by atoms with Gasteiger partial charge in [-0.1, -0.05) is 0 Å². The monoisotopic (exact) mass is 566 g/mol. The molecule has 2 rings (SSSR count). The number of aliphatic hydroxyl groups is 7. The molecule has 19 nitrogen and oxygen atoms in total. The fourth-order valence-corrected chi connectivity index (χ4v) is 4.57. The van der Waals surface area contributed by atoms with Crippen molar-refractivity contribution in [1.82, 2.24) is 0 Å². The predicted molar refractivity (Wildman–Crippen MR) is 109 cm³/mol. The fraction of sp³-hybridized carbons (Fsp3) is 0.600. The first-order chi connectivity index (χ1) is 18.2. The van der Waals surface area contributed by atoms with E-state index >= 15 is 0 Å². The minimum atomic E-state index is -4.51. The molecule has 2 aliphatic heterocycles. The number of ether oxygens (including phenoxy) is 4. The molecule has 0 spiro atoms. The summed E-state index contributed by atoms with van der Waals surface area (Å²) < 4.78 is 19.4. The quantitative estimate of drug-likeness (QED) is 0.0758. The van der Waals surface area contributed by atoms with Crippen molar-refractivity contribution < 1.29 is 93.0 Å². The minimum Gasteiger partial charge on any atom is -0.446 e. The lowest BCUT2D eigenvalue weighted by Crippen LogP contribution is -2.94. The van der Waals surface area contributed by atoms with Gasteiger partial charge >= 0.3 is 0 Å². The fourth-order valence-electron chi connectivity index (χ4n) is 4.57. The molecule has 9 atom stereocenters. The Bertz CT molecular complexity index is 1040. The van der Waals surface area contributed by atoms with Crippen LogP contribution in [0.1, 0.15) is 0 Å². The highest BCUT2D eigenvalue weighted by Crippen LogP contribution is 2.56. The third kappa shape index (κ3) is 3.53. The summed E-state index contributed by atoms with van der Waals surface area (Å²) >= 11 is 0. The SMILES string of the molecule is O=CO[C@@]1(C=O)[C@@](O)(C=O)[C@](O)(C=O)[C@](C=O)(OC2(CO)O[C@H](CO)[C@@H](O)[C@@H]2O)O[C@]1(C=O)C(O)(C=O)C=O. The van der Waals surface area contributed by atoms with Gasteiger partial charge in [0.2, 0.25) is 33.8 Å². The van der Waals surface area contributed by atoms with Crippen LogP contribution in [0.15, 0.2) is 0 Å². The van der Waals surface area contributed by atoms with Gasteiger partial charge in [0.25, 0.3) is 12.3 Å². The van der Waals surface area contributed by atoms with Crippen molar-refractivity contribution in [3.63, 3.8) is 0 Å². The van der Waals surface area contributed by atoms with Crippen molar-refractivity contribution in [2.24, 2.45) is 0 Å². The summed E-state index contributed by atoms with van der Waals surface area (Å²) in [7, 11) is 0. The molecule has 0 aromatic rings. The molecule has 2 fully saturated rings. The van der Waals surface area contributed by atoms with Crippen LogP contribution >= 0.6 is 0 Å². The van der Waals surface area contributed by atoms with Crippen molar-refractivity contribution in [2.75, 3.05) is 13.2 Å². The molecular weight excluding hydrogens is 544 g/mol. The molecule has 7 N–H and O–H groups in total. The second kappa shape index (κ2) is 10.4. The molecule has 0 amide bonds. The minimum absolute atomic E-state index is 0.818. The first kappa shape index (κ1) is 32.0. The Morgan fingerprint density at radius 1 is 0.821 bits per heavy atom. The Hall–Kier alpha value is -3.24. The van der Waals surface area contributed by atoms with Crippen molar-refractivity contribution in [1.29, 1.82) is 0 Å². The van der Waals surface area contributed by atoms with Crippen molar-refractivity contribution in [2.45, 2.75) is 57.9 Å². The zero-order chi connectivity index (χ0) is 30.1. The molecular formula is C20H22O19. The number of aldehydes is 7. The van der Waals surface area contributed by atoms with Gasteiger partial charge < -0.3 is 54.7 Å². The number of rotatable bonds is 14. The van der Waals surface area contributed by atoms with E-state index in [-0.39, 0.29) is 0 Å². The molecule has 2 aliphatic rings. The van der Waals surface area contributed by atoms with Crippen molar-refractivity contribution in [3.05, 3.63) is 0 Å². The predicted octanol–water partition coefficient (Wildman–Crippen LogP) is -8.23. The summed E-state index contributed by atoms with van der Waals surface area (Å²) in [5.41, 5.74) is -21.6. The largest absolute Gasteiger partial charge is 0.446 e. The Morgan fingerprint density at radius 3 is 1.72 bits per heavy atom. The normalized spacial score (nSPS) is 44.0. The smallest absolute Gasteiger partial charge is 0.294 e. The summed E-state index contributed by atoms with van der Waals surface area (Å²) in [5.74, 6) is -7.58. The van der Waals surface area contributed by atoms with E-state index in [0.717, 1.165) is 0 Å². The van der Waals surface area contributed by atoms with Crippen LogP contribution in [-0.4, -0.2) is 157 Å². The van der Waals surface area contributed by atoms with E-state index in [1.165, 1.54) is 0 Å². The highest BCUT2D eigenvalue weighted by Gasteiger charge is 2.90. The van der Waals surface area contributed by atoms with Crippen molar-refractivity contribution in [3.8, 4) is 0 Å². The van der Waals surface area contributed by atoms with E-state index in [0.29, 0.717) is 0 Å². The lowest BCUT2D eigenvalue weighted by atomic mass is 9.56. The first-order valence-electron chi connectivity index (χ1n) is 10.4. The second-order valence-electron chi connectivity index (χ2n) is 8.48. The van der Waals surface area contributed by atoms with Gasteiger partial charge in [0.15, 0.2) is 44.0 Å². The maximum atomic E-state index is 12.5. The molecule has 0 bridgehead atoms. The number of carbonyl (C=O) groups is 8. The summed E-state index contributed by atoms with van der Waals surface area (Å²) in [6.45, 7) is -3.62. The van der Waals surface area contributed by atoms with Crippen LogP contribution in [0.3, 0.4) is 0 Å². The summed E-state index contributed by atoms with van der Waals surface area (Å²) in [4.78, 5) is 96.9. The zero-order valence-corrected chi connectivity index (χ0v) is 19.3. The van der Waals surface area contributed by atoms with E-state index in [1.807, 2.05) is 0 Å². The molecule has 0 radical (unpaired) electrons. The first-order valence-corrected chi connectivity index (χ1v) is 10.4. The van der Waals surface area contributed by atoms with Crippen LogP contribution in [-0.2, 0) is 57.3 Å². The number of hydrogen-bond donors (Lipinski definition) is 7. The van der Waals surface area contributed by atoms with Crippen LogP contribution in [0.4, 0.5) is 0 Å². The maximum absolute atomic E-state index is 12.5. The van der Waals surface area contributed by atoms with E-state index < -0.39 is 122 Å². The Balaban J connectivity index is 3.16. The highest BCUT2D eigenvalue weighted by molar-refractivity contribution is 6.03. The molecule has 19 heteroatoms. The van der Waals surface area contributed by atoms with Gasteiger partial charge in [-0.05, 0) is 0 Å². The zero-order valence-electron chi connectivity index (χ0n) is 19.3. The molecule has 0 saturated carbocycles. The standard InChI is InChI=1S/C20H22O19/c21-1-11-12(31)13(32)15(4-24,37-11)38-20(9-29)17(35,6-26)16(34,5-25)19(8-28,36-10-30)18(7-27,39-20)14(33,2-22)3-23/h2-3,5-13,21,24,31-35H,1,4H2/t11-,12-,13+,15?,16-,17-,18-,19+,20-/m1/s1. The van der Waals surface area contributed by atoms with Crippen LogP contribution < -0.4 is 0 Å². The Morgan fingerprint density at radius 2 is 1.38 bits per heavy atom. The van der Waals surface area contributed by atoms with E-state index in [1.54, 1.807) is 0 Å². The number of hydrogen-bond acceptors (Lipinski definition) is 19. The maximum Gasteiger partial charge on any atom is 0.294 e. The third-order valence-corrected chi connectivity index (χ3v) is 6.79. The van der Waals surface area contributed by atoms with Gasteiger partial charge in [0.05, 0.1) is 6.61 Å². The lowest BCUT2D eigenvalue weighted by molar-refractivity contribution is -0.458. The van der Waals surface area contributed by atoms with Crippen LogP contribution in [0.2, 0.25) is 0 Å². The van der Waals surface area contributed by atoms with Crippen molar-refractivity contribution >= 4 is 50.5 Å². The molecule has 0 aromatic carbocycles. The van der Waals surface area contributed by atoms with Gasteiger partial charge in [-0.15, -0.1) is 0 Å². The molecule has 1 unspecified atom stereocenters. The van der Waals surface area contributed by atoms with Gasteiger partial charge in [0, 0.05) is 0 Å². The second-order valence-corrected chi connectivity index (χ2v) is 8.48. The topological polar surface area (TPSA) is 315 Å². The Kier molecular flexibility index (Phi) is 8.52. The van der Waals surface area contributed by atoms with E-state index in [2.05, 4.69) is 4.74 Å². The highest BCUT2D eigenvalue weighted by atomic mass is 16.8. The summed E-state index contributed by atoms with van der Waals surface area (Å²) in [5, 5.41) is 73.2. The molecule has 0 aliphatic carbocycles. The number of carbonyl (C=O) groups excluding carboxylic acids is 8. The summed E-state index contributed by atoms with van der Waals surface area (Å²) in [6.07, 6.45) is -12.9. The Labute approximate surface area is 215 Å². The van der Waals surface area contributed by atoms with Gasteiger partial charge in [-0.3, -0.25) is 38.4 Å². The molecule has 39 heavy (non-hydrogen) atoms. The molecule has 2 saturated heterocycles. The van der Waals surface area contributed by atoms with Crippen LogP contribution in [0.25, 0.3) is 0 Å². The van der Waals surface area contributed by atoms with Gasteiger partial charge in [-0.25, -0.2) is 0 Å². The average Bonchev–Trinajstić information content (AvgIpc) is 3.20. The van der Waals surface area contributed by atoms with Crippen LogP contribution in [0, 0.1) is 0 Å². The molecule has 2 heterocycles. The average molecular weight is 566 g/mol. The lowest BCUT2D eigenvalue weighted by Gasteiger charge is -2.63. The number of aliphatic hydroxyl groups excluding tert-OH is 4. The third-order valence-electron chi connectivity index (χ3n) is 6.79. The van der Waals surface area contributed by atoms with E-state index in [4.69, 9.17) is 14.2 Å². The molecule has 216 valence electrons.